The first-order chi connectivity index (χ1) is 13.1. The van der Waals surface area contributed by atoms with Crippen LogP contribution in [0.25, 0.3) is 0 Å². The zero-order valence-corrected chi connectivity index (χ0v) is 17.0. The quantitative estimate of drug-likeness (QED) is 0.833. The van der Waals surface area contributed by atoms with Crippen molar-refractivity contribution >= 4 is 5.95 Å². The van der Waals surface area contributed by atoms with Crippen molar-refractivity contribution in [1.82, 2.24) is 19.7 Å². The average Bonchev–Trinajstić information content (AvgIpc) is 2.97. The first-order valence-electron chi connectivity index (χ1n) is 10.1. The lowest BCUT2D eigenvalue weighted by Gasteiger charge is -2.29. The number of methoxy groups -OCH3 is 1. The molecule has 6 heteroatoms. The first-order valence-corrected chi connectivity index (χ1v) is 10.1. The number of piperidine rings is 1. The normalized spacial score (nSPS) is 23.8. The van der Waals surface area contributed by atoms with Crippen LogP contribution >= 0.6 is 0 Å². The summed E-state index contributed by atoms with van der Waals surface area (Å²) in [6, 6.07) is 6.48. The molecule has 4 rings (SSSR count). The average molecular weight is 370 g/mol. The van der Waals surface area contributed by atoms with E-state index >= 15 is 0 Å². The molecule has 2 aliphatic rings. The van der Waals surface area contributed by atoms with Crippen LogP contribution in [0.4, 0.5) is 5.95 Å². The molecule has 3 heterocycles. The molecule has 1 saturated heterocycles. The van der Waals surface area contributed by atoms with Crippen molar-refractivity contribution in [3.05, 3.63) is 35.2 Å². The summed E-state index contributed by atoms with van der Waals surface area (Å²) >= 11 is 0. The lowest BCUT2D eigenvalue weighted by Crippen LogP contribution is -2.33. The van der Waals surface area contributed by atoms with Crippen LogP contribution in [0.2, 0.25) is 0 Å². The summed E-state index contributed by atoms with van der Waals surface area (Å²) in [5.41, 5.74) is 2.82. The molecule has 6 nitrogen and oxygen atoms in total. The van der Waals surface area contributed by atoms with Gasteiger partial charge < -0.3 is 19.1 Å². The molecule has 0 N–H and O–H groups in total. The van der Waals surface area contributed by atoms with Crippen LogP contribution in [0.15, 0.2) is 18.2 Å². The predicted octanol–water partition coefficient (Wildman–Crippen LogP) is 2.80. The van der Waals surface area contributed by atoms with E-state index in [0.717, 1.165) is 43.6 Å². The molecule has 0 spiro atoms. The lowest BCUT2D eigenvalue weighted by molar-refractivity contribution is 0.243. The second-order valence-electron chi connectivity index (χ2n) is 8.18. The minimum atomic E-state index is 0.429. The molecule has 1 unspecified atom stereocenters. The Morgan fingerprint density at radius 2 is 1.96 bits per heavy atom. The van der Waals surface area contributed by atoms with Crippen LogP contribution < -0.4 is 9.64 Å². The number of ether oxygens (including phenoxy) is 1. The summed E-state index contributed by atoms with van der Waals surface area (Å²) in [7, 11) is 6.07. The maximum absolute atomic E-state index is 5.44. The van der Waals surface area contributed by atoms with E-state index < -0.39 is 0 Å². The van der Waals surface area contributed by atoms with Crippen molar-refractivity contribution in [3.63, 3.8) is 0 Å². The first kappa shape index (κ1) is 18.3. The van der Waals surface area contributed by atoms with Gasteiger partial charge in [0.2, 0.25) is 5.95 Å². The number of rotatable bonds is 3. The fourth-order valence-electron chi connectivity index (χ4n) is 4.68. The third kappa shape index (κ3) is 3.55. The van der Waals surface area contributed by atoms with Gasteiger partial charge in [-0.25, -0.2) is 0 Å². The Morgan fingerprint density at radius 1 is 1.11 bits per heavy atom. The van der Waals surface area contributed by atoms with Crippen LogP contribution in [-0.4, -0.2) is 60.0 Å². The van der Waals surface area contributed by atoms with Gasteiger partial charge in [-0.1, -0.05) is 13.0 Å². The van der Waals surface area contributed by atoms with E-state index in [1.54, 1.807) is 7.11 Å². The number of likely N-dealkylation sites (tertiary alicyclic amines) is 1. The second kappa shape index (κ2) is 7.50. The number of aromatic nitrogens is 3. The lowest BCUT2D eigenvalue weighted by atomic mass is 9.95. The zero-order chi connectivity index (χ0) is 19.0. The molecule has 2 atom stereocenters. The largest absolute Gasteiger partial charge is 0.497 e. The van der Waals surface area contributed by atoms with Gasteiger partial charge in [-0.2, -0.15) is 0 Å². The number of hydrogen-bond donors (Lipinski definition) is 0. The van der Waals surface area contributed by atoms with Crippen molar-refractivity contribution < 1.29 is 4.74 Å². The van der Waals surface area contributed by atoms with Gasteiger partial charge in [-0.05, 0) is 62.0 Å². The Bertz CT molecular complexity index is 802. The zero-order valence-electron chi connectivity index (χ0n) is 17.0. The number of likely N-dealkylation sites (N-methyl/N-ethyl adjacent to an activating group) is 1. The van der Waals surface area contributed by atoms with E-state index in [9.17, 15) is 0 Å². The van der Waals surface area contributed by atoms with Gasteiger partial charge in [0, 0.05) is 32.6 Å². The van der Waals surface area contributed by atoms with Crippen molar-refractivity contribution in [2.24, 2.45) is 7.05 Å². The third-order valence-electron chi connectivity index (χ3n) is 6.19. The molecule has 0 amide bonds. The SMILES string of the molecule is COc1ccc2c(c1)C(C)CN(c1nnc([C@@H]3CCCN(C)C3)n1C)CC2. The Labute approximate surface area is 162 Å². The number of hydrogen-bond acceptors (Lipinski definition) is 5. The Hall–Kier alpha value is -2.08. The topological polar surface area (TPSA) is 46.4 Å². The minimum absolute atomic E-state index is 0.429. The van der Waals surface area contributed by atoms with Gasteiger partial charge >= 0.3 is 0 Å². The Balaban J connectivity index is 1.56. The maximum Gasteiger partial charge on any atom is 0.227 e. The molecular formula is C21H31N5O. The summed E-state index contributed by atoms with van der Waals surface area (Å²) in [5.74, 6) is 3.99. The van der Waals surface area contributed by atoms with E-state index in [4.69, 9.17) is 4.74 Å². The Morgan fingerprint density at radius 3 is 2.74 bits per heavy atom. The second-order valence-corrected chi connectivity index (χ2v) is 8.18. The molecule has 0 bridgehead atoms. The molecule has 2 aromatic rings. The molecule has 0 aliphatic carbocycles. The van der Waals surface area contributed by atoms with Gasteiger partial charge in [0.05, 0.1) is 7.11 Å². The highest BCUT2D eigenvalue weighted by Crippen LogP contribution is 2.32. The summed E-state index contributed by atoms with van der Waals surface area (Å²) in [5, 5.41) is 9.21. The molecular weight excluding hydrogens is 338 g/mol. The fourth-order valence-corrected chi connectivity index (χ4v) is 4.68. The van der Waals surface area contributed by atoms with Gasteiger partial charge in [0.15, 0.2) is 0 Å². The standard InChI is InChI=1S/C21H31N5O/c1-15-13-26(11-9-16-7-8-18(27-4)12-19(15)16)21-23-22-20(25(21)3)17-6-5-10-24(2)14-17/h7-8,12,15,17H,5-6,9-11,13-14H2,1-4H3/t15?,17-/m1/s1. The number of anilines is 1. The van der Waals surface area contributed by atoms with Crippen molar-refractivity contribution in [2.75, 3.05) is 45.2 Å². The van der Waals surface area contributed by atoms with Crippen LogP contribution in [0, 0.1) is 0 Å². The molecule has 0 radical (unpaired) electrons. The van der Waals surface area contributed by atoms with Crippen LogP contribution in [-0.2, 0) is 13.5 Å². The highest BCUT2D eigenvalue weighted by Gasteiger charge is 2.28. The van der Waals surface area contributed by atoms with E-state index in [1.807, 2.05) is 0 Å². The van der Waals surface area contributed by atoms with Gasteiger partial charge in [-0.3, -0.25) is 0 Å². The van der Waals surface area contributed by atoms with E-state index in [0.29, 0.717) is 11.8 Å². The van der Waals surface area contributed by atoms with Crippen molar-refractivity contribution in [3.8, 4) is 5.75 Å². The Kier molecular flexibility index (Phi) is 5.08. The smallest absolute Gasteiger partial charge is 0.227 e. The van der Waals surface area contributed by atoms with E-state index in [2.05, 4.69) is 63.8 Å². The highest BCUT2D eigenvalue weighted by molar-refractivity contribution is 5.43. The van der Waals surface area contributed by atoms with Gasteiger partial charge in [0.1, 0.15) is 11.6 Å². The molecule has 1 fully saturated rings. The monoisotopic (exact) mass is 369 g/mol. The van der Waals surface area contributed by atoms with Gasteiger partial charge in [-0.15, -0.1) is 10.2 Å². The third-order valence-corrected chi connectivity index (χ3v) is 6.19. The van der Waals surface area contributed by atoms with Crippen LogP contribution in [0.1, 0.15) is 48.6 Å². The number of fused-ring (bicyclic) bond motifs is 1. The molecule has 1 aromatic heterocycles. The summed E-state index contributed by atoms with van der Waals surface area (Å²) < 4.78 is 7.66. The summed E-state index contributed by atoms with van der Waals surface area (Å²) in [6.45, 7) is 6.49. The number of benzene rings is 1. The van der Waals surface area contributed by atoms with E-state index in [-0.39, 0.29) is 0 Å². The van der Waals surface area contributed by atoms with Crippen LogP contribution in [0.5, 0.6) is 5.75 Å². The van der Waals surface area contributed by atoms with Crippen LogP contribution in [0.3, 0.4) is 0 Å². The molecule has 1 aromatic carbocycles. The molecule has 27 heavy (non-hydrogen) atoms. The molecule has 0 saturated carbocycles. The maximum atomic E-state index is 5.44. The van der Waals surface area contributed by atoms with E-state index in [1.165, 1.54) is 30.5 Å². The van der Waals surface area contributed by atoms with Crippen molar-refractivity contribution in [1.29, 1.82) is 0 Å². The molecule has 146 valence electrons. The van der Waals surface area contributed by atoms with Crippen molar-refractivity contribution in [2.45, 2.75) is 38.0 Å². The highest BCUT2D eigenvalue weighted by atomic mass is 16.5. The fraction of sp³-hybridized carbons (Fsp3) is 0.619. The van der Waals surface area contributed by atoms with Gasteiger partial charge in [0.25, 0.3) is 0 Å². The number of nitrogens with zero attached hydrogens (tertiary/aromatic N) is 5. The predicted molar refractivity (Wildman–Crippen MR) is 108 cm³/mol. The summed E-state index contributed by atoms with van der Waals surface area (Å²) in [6.07, 6.45) is 3.47. The molecule has 2 aliphatic heterocycles. The minimum Gasteiger partial charge on any atom is -0.497 e. The summed E-state index contributed by atoms with van der Waals surface area (Å²) in [4.78, 5) is 4.81.